The third-order valence-electron chi connectivity index (χ3n) is 3.50. The van der Waals surface area contributed by atoms with E-state index in [-0.39, 0.29) is 16.6 Å². The van der Waals surface area contributed by atoms with E-state index in [9.17, 15) is 9.00 Å². The molecule has 1 amide bonds. The molecule has 130 valence electrons. The van der Waals surface area contributed by atoms with Crippen molar-refractivity contribution in [3.63, 3.8) is 0 Å². The summed E-state index contributed by atoms with van der Waals surface area (Å²) in [4.78, 5) is 16.4. The van der Waals surface area contributed by atoms with Crippen molar-refractivity contribution in [1.82, 2.24) is 4.98 Å². The molecule has 0 bridgehead atoms. The van der Waals surface area contributed by atoms with Gasteiger partial charge in [0.15, 0.2) is 12.1 Å². The molecule has 1 N–H and O–H groups in total. The van der Waals surface area contributed by atoms with Gasteiger partial charge in [-0.15, -0.1) is 0 Å². The van der Waals surface area contributed by atoms with Crippen LogP contribution in [0, 0.1) is 0 Å². The molecular weight excluding hydrogens is 324 g/mol. The summed E-state index contributed by atoms with van der Waals surface area (Å²) in [6.07, 6.45) is 1.28. The molecule has 1 atom stereocenters. The molecule has 0 fully saturated rings. The van der Waals surface area contributed by atoms with Crippen molar-refractivity contribution in [2.45, 2.75) is 51.0 Å². The summed E-state index contributed by atoms with van der Waals surface area (Å²) in [6.45, 7) is 9.74. The van der Waals surface area contributed by atoms with Crippen molar-refractivity contribution in [3.05, 3.63) is 47.7 Å². The molecule has 1 unspecified atom stereocenters. The number of oxazole rings is 1. The molecule has 5 nitrogen and oxygen atoms in total. The van der Waals surface area contributed by atoms with Crippen molar-refractivity contribution < 1.29 is 13.4 Å². The van der Waals surface area contributed by atoms with Crippen LogP contribution in [0.1, 0.15) is 62.3 Å². The van der Waals surface area contributed by atoms with Crippen LogP contribution in [-0.2, 0) is 16.6 Å². The van der Waals surface area contributed by atoms with Crippen LogP contribution in [0.4, 0.5) is 5.69 Å². The number of hydrogen-bond donors (Lipinski definition) is 1. The van der Waals surface area contributed by atoms with Gasteiger partial charge in [0.2, 0.25) is 0 Å². The Hall–Kier alpha value is -1.95. The Morgan fingerprint density at radius 3 is 2.67 bits per heavy atom. The molecule has 1 aromatic carbocycles. The Balaban J connectivity index is 2.13. The van der Waals surface area contributed by atoms with Crippen LogP contribution in [0.5, 0.6) is 0 Å². The maximum atomic E-state index is 12.4. The lowest BCUT2D eigenvalue weighted by atomic mass is 10.1. The van der Waals surface area contributed by atoms with E-state index in [0.717, 1.165) is 5.56 Å². The van der Waals surface area contributed by atoms with E-state index >= 15 is 0 Å². The summed E-state index contributed by atoms with van der Waals surface area (Å²) >= 11 is 0. The second-order valence-corrected chi connectivity index (χ2v) is 9.18. The van der Waals surface area contributed by atoms with E-state index in [0.29, 0.717) is 22.9 Å². The van der Waals surface area contributed by atoms with E-state index in [4.69, 9.17) is 4.42 Å². The minimum Gasteiger partial charge on any atom is -0.447 e. The SMILES string of the molecule is CC(C)c1ocnc1C(=O)Nc1cccc(CS(=O)C(C)(C)C)c1. The average molecular weight is 348 g/mol. The van der Waals surface area contributed by atoms with Crippen LogP contribution in [-0.4, -0.2) is 19.8 Å². The number of aromatic nitrogens is 1. The third kappa shape index (κ3) is 4.54. The van der Waals surface area contributed by atoms with E-state index in [1.165, 1.54) is 6.39 Å². The van der Waals surface area contributed by atoms with Gasteiger partial charge in [-0.1, -0.05) is 26.0 Å². The summed E-state index contributed by atoms with van der Waals surface area (Å²) in [5.41, 5.74) is 1.88. The van der Waals surface area contributed by atoms with Gasteiger partial charge in [0.05, 0.1) is 0 Å². The Morgan fingerprint density at radius 1 is 1.33 bits per heavy atom. The molecule has 0 saturated heterocycles. The second kappa shape index (κ2) is 7.30. The average Bonchev–Trinajstić information content (AvgIpc) is 2.96. The van der Waals surface area contributed by atoms with E-state index in [2.05, 4.69) is 10.3 Å². The Kier molecular flexibility index (Phi) is 5.59. The molecule has 2 rings (SSSR count). The predicted molar refractivity (Wildman–Crippen MR) is 96.6 cm³/mol. The van der Waals surface area contributed by atoms with Crippen LogP contribution in [0.2, 0.25) is 0 Å². The lowest BCUT2D eigenvalue weighted by Gasteiger charge is -2.18. The highest BCUT2D eigenvalue weighted by Gasteiger charge is 2.21. The molecule has 6 heteroatoms. The zero-order chi connectivity index (χ0) is 17.9. The first kappa shape index (κ1) is 18.4. The monoisotopic (exact) mass is 348 g/mol. The highest BCUT2D eigenvalue weighted by Crippen LogP contribution is 2.21. The number of carbonyl (C=O) groups excluding carboxylic acids is 1. The zero-order valence-electron chi connectivity index (χ0n) is 14.8. The lowest BCUT2D eigenvalue weighted by molar-refractivity contribution is 0.102. The minimum atomic E-state index is -0.989. The number of nitrogens with zero attached hydrogens (tertiary/aromatic N) is 1. The molecule has 0 aliphatic heterocycles. The van der Waals surface area contributed by atoms with Crippen LogP contribution < -0.4 is 5.32 Å². The van der Waals surface area contributed by atoms with Gasteiger partial charge >= 0.3 is 0 Å². The van der Waals surface area contributed by atoms with Gasteiger partial charge in [-0.05, 0) is 38.5 Å². The first-order valence-corrected chi connectivity index (χ1v) is 9.22. The van der Waals surface area contributed by atoms with E-state index in [1.54, 1.807) is 6.07 Å². The molecule has 1 heterocycles. The topological polar surface area (TPSA) is 72.2 Å². The van der Waals surface area contributed by atoms with E-state index in [1.807, 2.05) is 52.8 Å². The number of rotatable bonds is 5. The number of nitrogens with one attached hydrogen (secondary N) is 1. The summed E-state index contributed by atoms with van der Waals surface area (Å²) in [5, 5.41) is 2.83. The molecule has 24 heavy (non-hydrogen) atoms. The van der Waals surface area contributed by atoms with Crippen molar-refractivity contribution in [2.75, 3.05) is 5.32 Å². The Labute approximate surface area is 145 Å². The number of anilines is 1. The Morgan fingerprint density at radius 2 is 2.04 bits per heavy atom. The molecule has 0 radical (unpaired) electrons. The maximum absolute atomic E-state index is 12.4. The maximum Gasteiger partial charge on any atom is 0.277 e. The predicted octanol–water partition coefficient (Wildman–Crippen LogP) is 4.10. The van der Waals surface area contributed by atoms with Gasteiger partial charge in [-0.3, -0.25) is 9.00 Å². The van der Waals surface area contributed by atoms with Gasteiger partial charge in [0, 0.05) is 32.9 Å². The van der Waals surface area contributed by atoms with Gasteiger partial charge in [-0.2, -0.15) is 0 Å². The van der Waals surface area contributed by atoms with Gasteiger partial charge in [-0.25, -0.2) is 4.98 Å². The van der Waals surface area contributed by atoms with E-state index < -0.39 is 10.8 Å². The largest absolute Gasteiger partial charge is 0.447 e. The molecule has 2 aromatic rings. The number of benzene rings is 1. The van der Waals surface area contributed by atoms with Gasteiger partial charge < -0.3 is 9.73 Å². The summed E-state index contributed by atoms with van der Waals surface area (Å²) in [5.74, 6) is 0.793. The van der Waals surface area contributed by atoms with Crippen LogP contribution in [0.15, 0.2) is 35.1 Å². The molecule has 0 spiro atoms. The number of hydrogen-bond acceptors (Lipinski definition) is 4. The fraction of sp³-hybridized carbons (Fsp3) is 0.444. The Bertz CT molecular complexity index is 745. The van der Waals surface area contributed by atoms with Gasteiger partial charge in [0.1, 0.15) is 5.76 Å². The molecule has 0 saturated carbocycles. The van der Waals surface area contributed by atoms with Crippen molar-refractivity contribution in [2.24, 2.45) is 0 Å². The van der Waals surface area contributed by atoms with Crippen LogP contribution in [0.25, 0.3) is 0 Å². The quantitative estimate of drug-likeness (QED) is 0.883. The normalized spacial score (nSPS) is 13.1. The number of amides is 1. The van der Waals surface area contributed by atoms with Crippen molar-refractivity contribution >= 4 is 22.4 Å². The fourth-order valence-electron chi connectivity index (χ4n) is 2.13. The molecular formula is C18H24N2O3S. The lowest BCUT2D eigenvalue weighted by Crippen LogP contribution is -2.23. The molecule has 0 aliphatic rings. The standard InChI is InChI=1S/C18H24N2O3S/c1-12(2)16-15(19-11-23-16)17(21)20-14-8-6-7-13(9-14)10-24(22)18(3,4)5/h6-9,11-12H,10H2,1-5H3,(H,20,21). The molecule has 0 aliphatic carbocycles. The van der Waals surface area contributed by atoms with Crippen molar-refractivity contribution in [1.29, 1.82) is 0 Å². The third-order valence-corrected chi connectivity index (χ3v) is 5.46. The second-order valence-electron chi connectivity index (χ2n) is 6.98. The first-order chi connectivity index (χ1) is 11.2. The van der Waals surface area contributed by atoms with Crippen molar-refractivity contribution in [3.8, 4) is 0 Å². The van der Waals surface area contributed by atoms with Crippen LogP contribution in [0.3, 0.4) is 0 Å². The summed E-state index contributed by atoms with van der Waals surface area (Å²) in [6, 6.07) is 7.40. The fourth-order valence-corrected chi connectivity index (χ4v) is 3.05. The van der Waals surface area contributed by atoms with Gasteiger partial charge in [0.25, 0.3) is 5.91 Å². The van der Waals surface area contributed by atoms with Crippen LogP contribution >= 0.6 is 0 Å². The smallest absolute Gasteiger partial charge is 0.277 e. The molecule has 1 aromatic heterocycles. The minimum absolute atomic E-state index is 0.0776. The first-order valence-electron chi connectivity index (χ1n) is 7.90. The number of carbonyl (C=O) groups is 1. The highest BCUT2D eigenvalue weighted by atomic mass is 32.2. The summed E-state index contributed by atoms with van der Waals surface area (Å²) in [7, 11) is -0.989. The zero-order valence-corrected chi connectivity index (χ0v) is 15.6. The highest BCUT2D eigenvalue weighted by molar-refractivity contribution is 7.85. The summed E-state index contributed by atoms with van der Waals surface area (Å²) < 4.78 is 17.3.